The molecule has 0 spiro atoms. The lowest BCUT2D eigenvalue weighted by atomic mass is 9.85. The topological polar surface area (TPSA) is 37.3 Å². The van der Waals surface area contributed by atoms with E-state index in [9.17, 15) is 4.79 Å². The lowest BCUT2D eigenvalue weighted by Crippen LogP contribution is -2.14. The zero-order valence-corrected chi connectivity index (χ0v) is 9.77. The number of thiophene rings is 1. The van der Waals surface area contributed by atoms with Gasteiger partial charge in [-0.2, -0.15) is 0 Å². The molecule has 1 aromatic heterocycles. The van der Waals surface area contributed by atoms with Gasteiger partial charge in [0.2, 0.25) is 0 Å². The Morgan fingerprint density at radius 2 is 2.47 bits per heavy atom. The highest BCUT2D eigenvalue weighted by atomic mass is 32.1. The third-order valence-corrected chi connectivity index (χ3v) is 4.24. The van der Waals surface area contributed by atoms with E-state index >= 15 is 0 Å². The Morgan fingerprint density at radius 1 is 1.67 bits per heavy atom. The Morgan fingerprint density at radius 3 is 3.13 bits per heavy atom. The van der Waals surface area contributed by atoms with Gasteiger partial charge in [-0.1, -0.05) is 19.8 Å². The maximum Gasteiger partial charge on any atom is 0.336 e. The summed E-state index contributed by atoms with van der Waals surface area (Å²) >= 11 is 1.63. The fraction of sp³-hybridized carbons (Fsp3) is 0.583. The standard InChI is InChI=1S/C12H16O2S/c1-2-3-8-4-5-9-10(12(13)14)7-15-11(9)6-8/h7-8H,2-6H2,1H3,(H,13,14). The van der Waals surface area contributed by atoms with Crippen molar-refractivity contribution < 1.29 is 9.90 Å². The van der Waals surface area contributed by atoms with Crippen LogP contribution in [0.2, 0.25) is 0 Å². The van der Waals surface area contributed by atoms with Crippen LogP contribution in [0, 0.1) is 5.92 Å². The average Bonchev–Trinajstić information content (AvgIpc) is 2.61. The van der Waals surface area contributed by atoms with Crippen LogP contribution >= 0.6 is 11.3 Å². The van der Waals surface area contributed by atoms with Gasteiger partial charge in [-0.25, -0.2) is 4.79 Å². The molecule has 0 aliphatic heterocycles. The van der Waals surface area contributed by atoms with Crippen molar-refractivity contribution in [2.45, 2.75) is 39.0 Å². The molecule has 2 nitrogen and oxygen atoms in total. The van der Waals surface area contributed by atoms with Crippen LogP contribution in [0.5, 0.6) is 0 Å². The van der Waals surface area contributed by atoms with Crippen molar-refractivity contribution in [3.8, 4) is 0 Å². The van der Waals surface area contributed by atoms with E-state index in [-0.39, 0.29) is 0 Å². The first kappa shape index (κ1) is 10.7. The molecule has 0 radical (unpaired) electrons. The molecule has 1 N–H and O–H groups in total. The third-order valence-electron chi connectivity index (χ3n) is 3.18. The highest BCUT2D eigenvalue weighted by Crippen LogP contribution is 2.34. The van der Waals surface area contributed by atoms with Gasteiger partial charge in [-0.15, -0.1) is 11.3 Å². The summed E-state index contributed by atoms with van der Waals surface area (Å²) in [4.78, 5) is 12.3. The van der Waals surface area contributed by atoms with Gasteiger partial charge in [0.1, 0.15) is 0 Å². The largest absolute Gasteiger partial charge is 0.478 e. The zero-order valence-electron chi connectivity index (χ0n) is 8.95. The minimum atomic E-state index is -0.763. The van der Waals surface area contributed by atoms with Crippen LogP contribution in [0.3, 0.4) is 0 Å². The summed E-state index contributed by atoms with van der Waals surface area (Å²) in [6.45, 7) is 2.21. The predicted octanol–water partition coefficient (Wildman–Crippen LogP) is 3.35. The van der Waals surface area contributed by atoms with Gasteiger partial charge < -0.3 is 5.11 Å². The minimum Gasteiger partial charge on any atom is -0.478 e. The van der Waals surface area contributed by atoms with Crippen molar-refractivity contribution in [3.63, 3.8) is 0 Å². The van der Waals surface area contributed by atoms with E-state index in [0.717, 1.165) is 30.7 Å². The fourth-order valence-corrected chi connectivity index (χ4v) is 3.60. The molecule has 1 aromatic rings. The van der Waals surface area contributed by atoms with Crippen LogP contribution in [0.15, 0.2) is 5.38 Å². The first-order valence-electron chi connectivity index (χ1n) is 5.55. The van der Waals surface area contributed by atoms with Gasteiger partial charge >= 0.3 is 5.97 Å². The minimum absolute atomic E-state index is 0.546. The molecule has 1 unspecified atom stereocenters. The summed E-state index contributed by atoms with van der Waals surface area (Å²) in [5, 5.41) is 10.8. The maximum absolute atomic E-state index is 10.9. The van der Waals surface area contributed by atoms with Crippen LogP contribution < -0.4 is 0 Å². The number of hydrogen-bond acceptors (Lipinski definition) is 2. The number of carboxylic acid groups (broad SMARTS) is 1. The highest BCUT2D eigenvalue weighted by molar-refractivity contribution is 7.10. The first-order valence-corrected chi connectivity index (χ1v) is 6.42. The molecule has 82 valence electrons. The van der Waals surface area contributed by atoms with Crippen molar-refractivity contribution in [1.82, 2.24) is 0 Å². The summed E-state index contributed by atoms with van der Waals surface area (Å²) in [6.07, 6.45) is 5.74. The predicted molar refractivity (Wildman–Crippen MR) is 61.7 cm³/mol. The number of carbonyl (C=O) groups is 1. The second kappa shape index (κ2) is 4.35. The second-order valence-corrected chi connectivity index (χ2v) is 5.22. The quantitative estimate of drug-likeness (QED) is 0.854. The number of rotatable bonds is 3. The summed E-state index contributed by atoms with van der Waals surface area (Å²) < 4.78 is 0. The smallest absolute Gasteiger partial charge is 0.336 e. The molecule has 1 aliphatic carbocycles. The summed E-state index contributed by atoms with van der Waals surface area (Å²) in [7, 11) is 0. The van der Waals surface area contributed by atoms with Crippen LogP contribution in [0.25, 0.3) is 0 Å². The summed E-state index contributed by atoms with van der Waals surface area (Å²) in [6, 6.07) is 0. The zero-order chi connectivity index (χ0) is 10.8. The molecular formula is C12H16O2S. The molecule has 2 rings (SSSR count). The van der Waals surface area contributed by atoms with Crippen molar-refractivity contribution in [1.29, 1.82) is 0 Å². The molecule has 15 heavy (non-hydrogen) atoms. The highest BCUT2D eigenvalue weighted by Gasteiger charge is 2.24. The molecule has 0 aromatic carbocycles. The van der Waals surface area contributed by atoms with Gasteiger partial charge in [0, 0.05) is 10.3 Å². The molecule has 1 heterocycles. The lowest BCUT2D eigenvalue weighted by molar-refractivity contribution is 0.0696. The second-order valence-electron chi connectivity index (χ2n) is 4.25. The van der Waals surface area contributed by atoms with Gasteiger partial charge in [0.15, 0.2) is 0 Å². The summed E-state index contributed by atoms with van der Waals surface area (Å²) in [5.41, 5.74) is 1.66. The Balaban J connectivity index is 2.18. The van der Waals surface area contributed by atoms with Crippen molar-refractivity contribution in [3.05, 3.63) is 21.4 Å². The molecule has 1 aliphatic rings. The molecule has 3 heteroatoms. The van der Waals surface area contributed by atoms with Crippen molar-refractivity contribution in [2.24, 2.45) is 5.92 Å². The third kappa shape index (κ3) is 2.07. The number of carboxylic acids is 1. The first-order chi connectivity index (χ1) is 7.22. The van der Waals surface area contributed by atoms with E-state index in [2.05, 4.69) is 6.92 Å². The Labute approximate surface area is 93.9 Å². The van der Waals surface area contributed by atoms with Gasteiger partial charge in [-0.05, 0) is 30.7 Å². The van der Waals surface area contributed by atoms with Gasteiger partial charge in [0.05, 0.1) is 5.56 Å². The Hall–Kier alpha value is -0.830. The SMILES string of the molecule is CCCC1CCc2c(C(=O)O)csc2C1. The number of hydrogen-bond donors (Lipinski definition) is 1. The van der Waals surface area contributed by atoms with Crippen LogP contribution in [0.1, 0.15) is 47.0 Å². The molecule has 0 amide bonds. The lowest BCUT2D eigenvalue weighted by Gasteiger charge is -2.21. The Kier molecular flexibility index (Phi) is 3.10. The molecule has 0 saturated heterocycles. The molecule has 1 atom stereocenters. The maximum atomic E-state index is 10.9. The van der Waals surface area contributed by atoms with E-state index < -0.39 is 5.97 Å². The van der Waals surface area contributed by atoms with E-state index in [0.29, 0.717) is 5.56 Å². The van der Waals surface area contributed by atoms with Crippen molar-refractivity contribution >= 4 is 17.3 Å². The normalized spacial score (nSPS) is 19.9. The fourth-order valence-electron chi connectivity index (χ4n) is 2.41. The molecule has 0 bridgehead atoms. The van der Waals surface area contributed by atoms with Crippen LogP contribution in [-0.2, 0) is 12.8 Å². The van der Waals surface area contributed by atoms with Crippen molar-refractivity contribution in [2.75, 3.05) is 0 Å². The van der Waals surface area contributed by atoms with E-state index in [1.165, 1.54) is 17.7 Å². The molecule has 0 saturated carbocycles. The van der Waals surface area contributed by atoms with E-state index in [1.807, 2.05) is 0 Å². The van der Waals surface area contributed by atoms with Crippen LogP contribution in [-0.4, -0.2) is 11.1 Å². The van der Waals surface area contributed by atoms with Crippen LogP contribution in [0.4, 0.5) is 0 Å². The average molecular weight is 224 g/mol. The van der Waals surface area contributed by atoms with Gasteiger partial charge in [-0.3, -0.25) is 0 Å². The monoisotopic (exact) mass is 224 g/mol. The summed E-state index contributed by atoms with van der Waals surface area (Å²) in [5.74, 6) is 0.0178. The van der Waals surface area contributed by atoms with E-state index in [4.69, 9.17) is 5.11 Å². The molecular weight excluding hydrogens is 208 g/mol. The number of aromatic carboxylic acids is 1. The number of fused-ring (bicyclic) bond motifs is 1. The molecule has 0 fully saturated rings. The van der Waals surface area contributed by atoms with E-state index in [1.54, 1.807) is 16.7 Å². The van der Waals surface area contributed by atoms with Gasteiger partial charge in [0.25, 0.3) is 0 Å². The Bertz CT molecular complexity index is 368.